The van der Waals surface area contributed by atoms with Crippen LogP contribution in [-0.2, 0) is 14.8 Å². The molecule has 0 spiro atoms. The second kappa shape index (κ2) is 8.58. The molecule has 7 heteroatoms. The molecule has 1 heterocycles. The quantitative estimate of drug-likeness (QED) is 0.698. The zero-order valence-corrected chi connectivity index (χ0v) is 16.9. The molecule has 2 aromatic carbocycles. The number of allylic oxidation sites excluding steroid dienone is 1. The van der Waals surface area contributed by atoms with Gasteiger partial charge in [0.1, 0.15) is 5.75 Å². The van der Waals surface area contributed by atoms with Crippen molar-refractivity contribution in [3.8, 4) is 5.75 Å². The minimum absolute atomic E-state index is 0.0816. The molecule has 6 nitrogen and oxygen atoms in total. The van der Waals surface area contributed by atoms with Gasteiger partial charge in [0.05, 0.1) is 12.0 Å². The number of piperazine rings is 1. The number of benzene rings is 2. The van der Waals surface area contributed by atoms with Crippen LogP contribution >= 0.6 is 0 Å². The number of hydrogen-bond donors (Lipinski definition) is 0. The molecule has 0 aromatic heterocycles. The third-order valence-electron chi connectivity index (χ3n) is 4.66. The van der Waals surface area contributed by atoms with E-state index in [0.29, 0.717) is 31.7 Å². The molecule has 1 saturated heterocycles. The lowest BCUT2D eigenvalue weighted by molar-refractivity contribution is -0.112. The number of ether oxygens (including phenoxy) is 1. The highest BCUT2D eigenvalue weighted by atomic mass is 32.2. The lowest BCUT2D eigenvalue weighted by Gasteiger charge is -2.35. The van der Waals surface area contributed by atoms with Crippen LogP contribution in [0.1, 0.15) is 12.5 Å². The van der Waals surface area contributed by atoms with Crippen molar-refractivity contribution in [2.75, 3.05) is 38.2 Å². The Kier molecular flexibility index (Phi) is 6.16. The molecule has 0 saturated carbocycles. The first kappa shape index (κ1) is 20.1. The van der Waals surface area contributed by atoms with Crippen LogP contribution in [0.25, 0.3) is 6.08 Å². The van der Waals surface area contributed by atoms with Crippen molar-refractivity contribution < 1.29 is 17.9 Å². The summed E-state index contributed by atoms with van der Waals surface area (Å²) in [6, 6.07) is 14.4. The van der Waals surface area contributed by atoms with Gasteiger partial charge >= 0.3 is 0 Å². The van der Waals surface area contributed by atoms with E-state index in [4.69, 9.17) is 4.74 Å². The summed E-state index contributed by atoms with van der Waals surface area (Å²) in [4.78, 5) is 13.5. The van der Waals surface area contributed by atoms with Gasteiger partial charge in [0.15, 0.2) is 5.78 Å². The van der Waals surface area contributed by atoms with Gasteiger partial charge in [-0.1, -0.05) is 24.3 Å². The number of carbonyl (C=O) groups is 1. The van der Waals surface area contributed by atoms with Crippen molar-refractivity contribution in [1.82, 2.24) is 4.31 Å². The first-order chi connectivity index (χ1) is 13.4. The van der Waals surface area contributed by atoms with Crippen molar-refractivity contribution in [3.63, 3.8) is 0 Å². The molecule has 2 aromatic rings. The SMILES string of the molecule is COc1cccc(N2CCN(S(=O)(=O)c3cccc(/C=C/C(C)=O)c3)CC2)c1. The van der Waals surface area contributed by atoms with E-state index in [1.165, 1.54) is 17.3 Å². The van der Waals surface area contributed by atoms with E-state index in [1.807, 2.05) is 24.3 Å². The maximum Gasteiger partial charge on any atom is 0.243 e. The van der Waals surface area contributed by atoms with Gasteiger partial charge in [0, 0.05) is 37.9 Å². The lowest BCUT2D eigenvalue weighted by atomic mass is 10.2. The fraction of sp³-hybridized carbons (Fsp3) is 0.286. The summed E-state index contributed by atoms with van der Waals surface area (Å²) in [5.41, 5.74) is 1.71. The van der Waals surface area contributed by atoms with Crippen LogP contribution < -0.4 is 9.64 Å². The minimum atomic E-state index is -3.58. The molecular weight excluding hydrogens is 376 g/mol. The molecule has 0 unspecified atom stereocenters. The number of methoxy groups -OCH3 is 1. The Hall–Kier alpha value is -2.64. The number of anilines is 1. The average molecular weight is 401 g/mol. The maximum absolute atomic E-state index is 13.0. The van der Waals surface area contributed by atoms with Crippen LogP contribution in [-0.4, -0.2) is 51.8 Å². The van der Waals surface area contributed by atoms with Crippen molar-refractivity contribution >= 4 is 27.6 Å². The van der Waals surface area contributed by atoms with E-state index >= 15 is 0 Å². The molecule has 3 rings (SSSR count). The van der Waals surface area contributed by atoms with E-state index in [1.54, 1.807) is 37.5 Å². The van der Waals surface area contributed by atoms with Gasteiger partial charge in [-0.05, 0) is 42.8 Å². The molecule has 148 valence electrons. The van der Waals surface area contributed by atoms with Crippen LogP contribution in [0, 0.1) is 0 Å². The van der Waals surface area contributed by atoms with E-state index in [9.17, 15) is 13.2 Å². The summed E-state index contributed by atoms with van der Waals surface area (Å²) in [6.45, 7) is 3.49. The Balaban J connectivity index is 1.72. The molecule has 1 fully saturated rings. The molecule has 0 amide bonds. The highest BCUT2D eigenvalue weighted by molar-refractivity contribution is 7.89. The number of ketones is 1. The molecule has 28 heavy (non-hydrogen) atoms. The Bertz CT molecular complexity index is 977. The fourth-order valence-corrected chi connectivity index (χ4v) is 4.61. The summed E-state index contributed by atoms with van der Waals surface area (Å²) in [5.74, 6) is 0.699. The third-order valence-corrected chi connectivity index (χ3v) is 6.56. The third kappa shape index (κ3) is 4.61. The smallest absolute Gasteiger partial charge is 0.243 e. The van der Waals surface area contributed by atoms with Gasteiger partial charge in [-0.15, -0.1) is 0 Å². The number of sulfonamides is 1. The van der Waals surface area contributed by atoms with Crippen molar-refractivity contribution in [2.45, 2.75) is 11.8 Å². The number of rotatable bonds is 6. The van der Waals surface area contributed by atoms with Gasteiger partial charge in [-0.3, -0.25) is 4.79 Å². The molecule has 1 aliphatic heterocycles. The summed E-state index contributed by atoms with van der Waals surface area (Å²) in [6.07, 6.45) is 3.06. The van der Waals surface area contributed by atoms with E-state index in [2.05, 4.69) is 4.90 Å². The van der Waals surface area contributed by atoms with E-state index < -0.39 is 10.0 Å². The molecule has 0 radical (unpaired) electrons. The van der Waals surface area contributed by atoms with Crippen molar-refractivity contribution in [1.29, 1.82) is 0 Å². The predicted octanol–water partition coefficient (Wildman–Crippen LogP) is 2.81. The van der Waals surface area contributed by atoms with Crippen LogP contribution in [0.3, 0.4) is 0 Å². The van der Waals surface area contributed by atoms with Crippen molar-refractivity contribution in [2.24, 2.45) is 0 Å². The first-order valence-corrected chi connectivity index (χ1v) is 10.5. The molecule has 0 aliphatic carbocycles. The van der Waals surface area contributed by atoms with Gasteiger partial charge in [0.25, 0.3) is 0 Å². The van der Waals surface area contributed by atoms with E-state index in [0.717, 1.165) is 11.4 Å². The van der Waals surface area contributed by atoms with Gasteiger partial charge in [-0.25, -0.2) is 8.42 Å². The zero-order chi connectivity index (χ0) is 20.1. The van der Waals surface area contributed by atoms with Crippen LogP contribution in [0.5, 0.6) is 5.75 Å². The number of nitrogens with zero attached hydrogens (tertiary/aromatic N) is 2. The normalized spacial score (nSPS) is 15.7. The Morgan fingerprint density at radius 1 is 1.04 bits per heavy atom. The van der Waals surface area contributed by atoms with Gasteiger partial charge in [-0.2, -0.15) is 4.31 Å². The summed E-state index contributed by atoms with van der Waals surface area (Å²) in [7, 11) is -1.95. The monoisotopic (exact) mass is 400 g/mol. The minimum Gasteiger partial charge on any atom is -0.497 e. The largest absolute Gasteiger partial charge is 0.497 e. The van der Waals surface area contributed by atoms with Gasteiger partial charge in [0.2, 0.25) is 10.0 Å². The van der Waals surface area contributed by atoms with Gasteiger partial charge < -0.3 is 9.64 Å². The average Bonchev–Trinajstić information content (AvgIpc) is 2.72. The second-order valence-electron chi connectivity index (χ2n) is 6.61. The summed E-state index contributed by atoms with van der Waals surface area (Å²) >= 11 is 0. The molecule has 0 N–H and O–H groups in total. The summed E-state index contributed by atoms with van der Waals surface area (Å²) in [5, 5.41) is 0. The molecular formula is C21H24N2O4S. The Morgan fingerprint density at radius 2 is 1.75 bits per heavy atom. The number of hydrogen-bond acceptors (Lipinski definition) is 5. The Labute approximate surface area is 166 Å². The Morgan fingerprint density at radius 3 is 2.43 bits per heavy atom. The molecule has 0 bridgehead atoms. The second-order valence-corrected chi connectivity index (χ2v) is 8.55. The predicted molar refractivity (Wildman–Crippen MR) is 110 cm³/mol. The van der Waals surface area contributed by atoms with Crippen LogP contribution in [0.4, 0.5) is 5.69 Å². The topological polar surface area (TPSA) is 66.9 Å². The molecule has 0 atom stereocenters. The summed E-state index contributed by atoms with van der Waals surface area (Å²) < 4.78 is 32.8. The van der Waals surface area contributed by atoms with E-state index in [-0.39, 0.29) is 10.7 Å². The fourth-order valence-electron chi connectivity index (χ4n) is 3.14. The first-order valence-electron chi connectivity index (χ1n) is 9.08. The van der Waals surface area contributed by atoms with Crippen LogP contribution in [0.15, 0.2) is 59.5 Å². The number of carbonyl (C=O) groups excluding carboxylic acids is 1. The van der Waals surface area contributed by atoms with Crippen LogP contribution in [0.2, 0.25) is 0 Å². The highest BCUT2D eigenvalue weighted by Crippen LogP contribution is 2.24. The standard InChI is InChI=1S/C21H24N2O4S/c1-17(24)9-10-18-5-3-8-21(15-18)28(25,26)23-13-11-22(12-14-23)19-6-4-7-20(16-19)27-2/h3-10,15-16H,11-14H2,1-2H3/b10-9+. The zero-order valence-electron chi connectivity index (χ0n) is 16.0. The maximum atomic E-state index is 13.0. The molecule has 1 aliphatic rings. The van der Waals surface area contributed by atoms with Crippen molar-refractivity contribution in [3.05, 3.63) is 60.2 Å². The lowest BCUT2D eigenvalue weighted by Crippen LogP contribution is -2.48. The highest BCUT2D eigenvalue weighted by Gasteiger charge is 2.28.